The third-order valence-corrected chi connectivity index (χ3v) is 3.25. The lowest BCUT2D eigenvalue weighted by atomic mass is 9.85. The van der Waals surface area contributed by atoms with Crippen LogP contribution >= 0.6 is 11.6 Å². The van der Waals surface area contributed by atoms with Gasteiger partial charge in [-0.05, 0) is 17.7 Å². The highest BCUT2D eigenvalue weighted by atomic mass is 35.5. The minimum atomic E-state index is -2.64. The van der Waals surface area contributed by atoms with Crippen LogP contribution in [0.15, 0.2) is 42.5 Å². The fourth-order valence-corrected chi connectivity index (χ4v) is 2.11. The van der Waals surface area contributed by atoms with Gasteiger partial charge in [0.15, 0.2) is 11.4 Å². The van der Waals surface area contributed by atoms with Crippen molar-refractivity contribution in [1.29, 1.82) is 0 Å². The number of benzene rings is 2. The molecule has 0 fully saturated rings. The van der Waals surface area contributed by atoms with Crippen LogP contribution in [0.1, 0.15) is 11.1 Å². The van der Waals surface area contributed by atoms with Gasteiger partial charge in [-0.3, -0.25) is 4.79 Å². The van der Waals surface area contributed by atoms with Gasteiger partial charge in [0.2, 0.25) is 0 Å². The number of halogens is 3. The molecule has 0 bridgehead atoms. The zero-order chi connectivity index (χ0) is 14.9. The molecular weight excluding hydrogens is 288 g/mol. The van der Waals surface area contributed by atoms with Crippen molar-refractivity contribution in [2.24, 2.45) is 5.73 Å². The van der Waals surface area contributed by atoms with Crippen molar-refractivity contribution in [3.63, 3.8) is 0 Å². The van der Waals surface area contributed by atoms with Gasteiger partial charge in [-0.1, -0.05) is 41.9 Å². The summed E-state index contributed by atoms with van der Waals surface area (Å²) < 4.78 is 28.0. The summed E-state index contributed by atoms with van der Waals surface area (Å²) in [6.07, 6.45) is 0. The van der Waals surface area contributed by atoms with Crippen LogP contribution in [-0.4, -0.2) is 11.0 Å². The molecule has 0 saturated heterocycles. The zero-order valence-electron chi connectivity index (χ0n) is 10.1. The number of rotatable bonds is 3. The normalized spacial score (nSPS) is 13.8. The molecule has 3 N–H and O–H groups in total. The Morgan fingerprint density at radius 3 is 2.30 bits per heavy atom. The Hall–Kier alpha value is -1.98. The number of nitrogens with two attached hydrogens (primary N) is 1. The van der Waals surface area contributed by atoms with Crippen LogP contribution in [0.4, 0.5) is 8.78 Å². The smallest absolute Gasteiger partial charge is 0.259 e. The molecular formula is C14H10ClF2NO2. The predicted molar refractivity (Wildman–Crippen MR) is 70.0 cm³/mol. The molecule has 0 spiro atoms. The number of hydrogen-bond donors (Lipinski definition) is 2. The van der Waals surface area contributed by atoms with E-state index in [4.69, 9.17) is 17.3 Å². The third-order valence-electron chi connectivity index (χ3n) is 2.95. The monoisotopic (exact) mass is 297 g/mol. The second-order valence-corrected chi connectivity index (χ2v) is 4.57. The summed E-state index contributed by atoms with van der Waals surface area (Å²) >= 11 is 5.58. The number of amides is 1. The van der Waals surface area contributed by atoms with E-state index >= 15 is 0 Å². The lowest BCUT2D eigenvalue weighted by molar-refractivity contribution is -0.133. The molecule has 2 aromatic carbocycles. The van der Waals surface area contributed by atoms with Gasteiger partial charge < -0.3 is 10.8 Å². The van der Waals surface area contributed by atoms with Crippen LogP contribution in [0.3, 0.4) is 0 Å². The number of aliphatic hydroxyl groups is 1. The standard InChI is InChI=1S/C14H10ClF2NO2/c15-9-6-7-10(16)11(12(9)17)14(20,13(18)19)8-4-2-1-3-5-8/h1-7,20H,(H2,18,19). The molecule has 0 aliphatic carbocycles. The van der Waals surface area contributed by atoms with E-state index in [1.54, 1.807) is 6.07 Å². The summed E-state index contributed by atoms with van der Waals surface area (Å²) in [5, 5.41) is 10.1. The molecule has 0 heterocycles. The molecule has 6 heteroatoms. The minimum absolute atomic E-state index is 0.0485. The predicted octanol–water partition coefficient (Wildman–Crippen LogP) is 2.34. The quantitative estimate of drug-likeness (QED) is 0.854. The average Bonchev–Trinajstić information content (AvgIpc) is 2.44. The number of hydrogen-bond acceptors (Lipinski definition) is 2. The van der Waals surface area contributed by atoms with Crippen molar-refractivity contribution in [1.82, 2.24) is 0 Å². The van der Waals surface area contributed by atoms with Gasteiger partial charge in [-0.2, -0.15) is 0 Å². The SMILES string of the molecule is NC(=O)C(O)(c1ccccc1)c1c(F)ccc(Cl)c1F. The first kappa shape index (κ1) is 14.4. The second kappa shape index (κ2) is 5.19. The molecule has 0 aliphatic heterocycles. The van der Waals surface area contributed by atoms with Crippen LogP contribution in [0.25, 0.3) is 0 Å². The molecule has 2 aromatic rings. The maximum atomic E-state index is 14.1. The Balaban J connectivity index is 2.80. The van der Waals surface area contributed by atoms with Crippen LogP contribution in [0, 0.1) is 11.6 Å². The van der Waals surface area contributed by atoms with Crippen molar-refractivity contribution in [3.8, 4) is 0 Å². The highest BCUT2D eigenvalue weighted by Gasteiger charge is 2.43. The molecule has 2 rings (SSSR count). The lowest BCUT2D eigenvalue weighted by Gasteiger charge is -2.26. The van der Waals surface area contributed by atoms with E-state index in [-0.39, 0.29) is 5.56 Å². The molecule has 104 valence electrons. The van der Waals surface area contributed by atoms with Crippen LogP contribution in [0.2, 0.25) is 5.02 Å². The summed E-state index contributed by atoms with van der Waals surface area (Å²) in [5.41, 5.74) is 1.58. The first-order valence-corrected chi connectivity index (χ1v) is 5.98. The van der Waals surface area contributed by atoms with E-state index in [9.17, 15) is 18.7 Å². The lowest BCUT2D eigenvalue weighted by Crippen LogP contribution is -2.43. The number of carbonyl (C=O) groups is 1. The Kier molecular flexibility index (Phi) is 3.74. The Bertz CT molecular complexity index is 664. The van der Waals surface area contributed by atoms with E-state index in [1.807, 2.05) is 0 Å². The van der Waals surface area contributed by atoms with Gasteiger partial charge in [0.1, 0.15) is 5.82 Å². The van der Waals surface area contributed by atoms with Crippen molar-refractivity contribution < 1.29 is 18.7 Å². The molecule has 1 unspecified atom stereocenters. The fourth-order valence-electron chi connectivity index (χ4n) is 1.95. The molecule has 3 nitrogen and oxygen atoms in total. The summed E-state index contributed by atoms with van der Waals surface area (Å²) in [5.74, 6) is -3.64. The van der Waals surface area contributed by atoms with E-state index in [1.165, 1.54) is 24.3 Å². The zero-order valence-corrected chi connectivity index (χ0v) is 10.9. The summed E-state index contributed by atoms with van der Waals surface area (Å²) in [7, 11) is 0. The van der Waals surface area contributed by atoms with Gasteiger partial charge >= 0.3 is 0 Å². The fraction of sp³-hybridized carbons (Fsp3) is 0.0714. The minimum Gasteiger partial charge on any atom is -0.372 e. The second-order valence-electron chi connectivity index (χ2n) is 4.16. The van der Waals surface area contributed by atoms with Crippen molar-refractivity contribution >= 4 is 17.5 Å². The summed E-state index contributed by atoms with van der Waals surface area (Å²) in [4.78, 5) is 11.6. The van der Waals surface area contributed by atoms with Gasteiger partial charge in [-0.15, -0.1) is 0 Å². The Labute approximate surface area is 118 Å². The first-order chi connectivity index (χ1) is 9.39. The van der Waals surface area contributed by atoms with E-state index in [0.717, 1.165) is 12.1 Å². The highest BCUT2D eigenvalue weighted by Crippen LogP contribution is 2.35. The van der Waals surface area contributed by atoms with Crippen LogP contribution in [-0.2, 0) is 10.4 Å². The molecule has 0 aromatic heterocycles. The first-order valence-electron chi connectivity index (χ1n) is 5.60. The largest absolute Gasteiger partial charge is 0.372 e. The molecule has 0 radical (unpaired) electrons. The van der Waals surface area contributed by atoms with E-state index < -0.39 is 33.7 Å². The molecule has 0 saturated carbocycles. The van der Waals surface area contributed by atoms with Gasteiger partial charge in [0.05, 0.1) is 10.6 Å². The van der Waals surface area contributed by atoms with Crippen LogP contribution < -0.4 is 5.73 Å². The summed E-state index contributed by atoms with van der Waals surface area (Å²) in [6, 6.07) is 9.15. The maximum Gasteiger partial charge on any atom is 0.259 e. The highest BCUT2D eigenvalue weighted by molar-refractivity contribution is 6.30. The number of carbonyl (C=O) groups excluding carboxylic acids is 1. The van der Waals surface area contributed by atoms with Crippen molar-refractivity contribution in [2.75, 3.05) is 0 Å². The van der Waals surface area contributed by atoms with Crippen molar-refractivity contribution in [3.05, 3.63) is 70.2 Å². The van der Waals surface area contributed by atoms with Gasteiger partial charge in [-0.25, -0.2) is 8.78 Å². The molecule has 1 atom stereocenters. The Morgan fingerprint density at radius 2 is 1.75 bits per heavy atom. The average molecular weight is 298 g/mol. The van der Waals surface area contributed by atoms with Gasteiger partial charge in [0, 0.05) is 0 Å². The topological polar surface area (TPSA) is 63.3 Å². The molecule has 0 aliphatic rings. The number of primary amides is 1. The van der Waals surface area contributed by atoms with E-state index in [0.29, 0.717) is 0 Å². The van der Waals surface area contributed by atoms with Crippen LogP contribution in [0.5, 0.6) is 0 Å². The Morgan fingerprint density at radius 1 is 1.15 bits per heavy atom. The molecule has 20 heavy (non-hydrogen) atoms. The summed E-state index contributed by atoms with van der Waals surface area (Å²) in [6.45, 7) is 0. The van der Waals surface area contributed by atoms with Crippen molar-refractivity contribution in [2.45, 2.75) is 5.60 Å². The maximum absolute atomic E-state index is 14.1. The van der Waals surface area contributed by atoms with E-state index in [2.05, 4.69) is 0 Å². The molecule has 1 amide bonds. The van der Waals surface area contributed by atoms with Gasteiger partial charge in [0.25, 0.3) is 5.91 Å². The third kappa shape index (κ3) is 2.15.